The van der Waals surface area contributed by atoms with Crippen molar-refractivity contribution >= 4 is 17.6 Å². The van der Waals surface area contributed by atoms with Crippen LogP contribution in [0.25, 0.3) is 0 Å². The van der Waals surface area contributed by atoms with Crippen LogP contribution in [0.4, 0.5) is 5.69 Å². The molecule has 0 amide bonds. The molecule has 0 spiro atoms. The van der Waals surface area contributed by atoms with Crippen molar-refractivity contribution in [3.05, 3.63) is 60.2 Å². The molecule has 0 aromatic heterocycles. The largest absolute Gasteiger partial charge is 0.192 e. The lowest BCUT2D eigenvalue weighted by Crippen LogP contribution is -1.70. The van der Waals surface area contributed by atoms with Gasteiger partial charge in [-0.15, -0.1) is 9.63 Å². The van der Waals surface area contributed by atoms with Crippen molar-refractivity contribution in [2.75, 3.05) is 0 Å². The molecule has 82 valence electrons. The van der Waals surface area contributed by atoms with E-state index in [2.05, 4.69) is 15.7 Å². The van der Waals surface area contributed by atoms with Gasteiger partial charge in [0.1, 0.15) is 0 Å². The minimum absolute atomic E-state index is 0.625. The summed E-state index contributed by atoms with van der Waals surface area (Å²) in [4.78, 5) is 1.05. The Kier molecular flexibility index (Phi) is 3.90. The Bertz CT molecular complexity index is 541. The summed E-state index contributed by atoms with van der Waals surface area (Å²) >= 11 is 1.32. The van der Waals surface area contributed by atoms with Crippen molar-refractivity contribution < 1.29 is 0 Å². The second-order valence-electron chi connectivity index (χ2n) is 3.24. The zero-order chi connectivity index (χ0) is 11.9. The molecule has 0 saturated heterocycles. The topological polar surface area (TPSA) is 48.5 Å². The van der Waals surface area contributed by atoms with Crippen molar-refractivity contribution in [2.45, 2.75) is 4.90 Å². The van der Waals surface area contributed by atoms with Crippen LogP contribution in [0.1, 0.15) is 5.56 Å². The highest BCUT2D eigenvalue weighted by atomic mass is 32.2. The van der Waals surface area contributed by atoms with Gasteiger partial charge in [0.05, 0.1) is 17.3 Å². The molecule has 0 heterocycles. The van der Waals surface area contributed by atoms with Gasteiger partial charge in [0.25, 0.3) is 0 Å². The molecule has 17 heavy (non-hydrogen) atoms. The van der Waals surface area contributed by atoms with Crippen LogP contribution < -0.4 is 0 Å². The fraction of sp³-hybridized carbons (Fsp3) is 0. The lowest BCUT2D eigenvalue weighted by Gasteiger charge is -1.93. The third-order valence-electron chi connectivity index (χ3n) is 2.04. The van der Waals surface area contributed by atoms with Crippen LogP contribution >= 0.6 is 11.9 Å². The number of hydrogen-bond donors (Lipinski definition) is 0. The summed E-state index contributed by atoms with van der Waals surface area (Å²) in [5.41, 5.74) is 1.37. The van der Waals surface area contributed by atoms with E-state index in [1.165, 1.54) is 11.9 Å². The maximum Gasteiger partial charge on any atom is 0.0991 e. The van der Waals surface area contributed by atoms with E-state index in [1.807, 2.05) is 30.3 Å². The van der Waals surface area contributed by atoms with E-state index in [1.54, 1.807) is 24.3 Å². The van der Waals surface area contributed by atoms with Crippen LogP contribution in [0.2, 0.25) is 0 Å². The molecule has 0 fully saturated rings. The Hall–Kier alpha value is -2.12. The molecule has 0 aliphatic rings. The second kappa shape index (κ2) is 5.83. The Labute approximate surface area is 104 Å². The molecule has 0 saturated carbocycles. The number of hydrogen-bond acceptors (Lipinski definition) is 4. The molecule has 0 atom stereocenters. The lowest BCUT2D eigenvalue weighted by molar-refractivity contribution is 1.32. The molecular weight excluding hydrogens is 230 g/mol. The molecule has 0 bridgehead atoms. The third-order valence-corrected chi connectivity index (χ3v) is 2.69. The Morgan fingerprint density at radius 1 is 0.941 bits per heavy atom. The highest BCUT2D eigenvalue weighted by Crippen LogP contribution is 2.21. The van der Waals surface area contributed by atoms with E-state index >= 15 is 0 Å². The van der Waals surface area contributed by atoms with Gasteiger partial charge in [-0.05, 0) is 36.4 Å². The van der Waals surface area contributed by atoms with E-state index in [0.717, 1.165) is 10.6 Å². The molecule has 0 unspecified atom stereocenters. The first-order chi connectivity index (χ1) is 8.38. The van der Waals surface area contributed by atoms with Gasteiger partial charge >= 0.3 is 0 Å². The highest BCUT2D eigenvalue weighted by molar-refractivity contribution is 7.97. The molecule has 2 rings (SSSR count). The maximum atomic E-state index is 8.65. The zero-order valence-electron chi connectivity index (χ0n) is 8.95. The van der Waals surface area contributed by atoms with Crippen LogP contribution in [0.15, 0.2) is 69.1 Å². The van der Waals surface area contributed by atoms with E-state index < -0.39 is 0 Å². The van der Waals surface area contributed by atoms with Crippen LogP contribution in [-0.4, -0.2) is 0 Å². The van der Waals surface area contributed by atoms with Crippen molar-refractivity contribution in [1.29, 1.82) is 5.26 Å². The number of rotatable bonds is 3. The van der Waals surface area contributed by atoms with Crippen LogP contribution in [0, 0.1) is 11.3 Å². The molecule has 0 N–H and O–H groups in total. The normalized spacial score (nSPS) is 10.3. The monoisotopic (exact) mass is 239 g/mol. The molecule has 0 aliphatic carbocycles. The summed E-state index contributed by atoms with van der Waals surface area (Å²) in [6.07, 6.45) is 0. The fourth-order valence-electron chi connectivity index (χ4n) is 1.20. The molecule has 0 aliphatic heterocycles. The summed E-state index contributed by atoms with van der Waals surface area (Å²) in [5.74, 6) is 0. The Balaban J connectivity index is 1.99. The second-order valence-corrected chi connectivity index (χ2v) is 4.06. The van der Waals surface area contributed by atoms with Gasteiger partial charge in [0.2, 0.25) is 0 Å². The average molecular weight is 239 g/mol. The molecule has 2 aromatic carbocycles. The van der Waals surface area contributed by atoms with Gasteiger partial charge in [-0.25, -0.2) is 0 Å². The first kappa shape index (κ1) is 11.4. The van der Waals surface area contributed by atoms with E-state index in [-0.39, 0.29) is 0 Å². The summed E-state index contributed by atoms with van der Waals surface area (Å²) in [7, 11) is 0. The molecule has 4 heteroatoms. The van der Waals surface area contributed by atoms with Crippen LogP contribution in [-0.2, 0) is 0 Å². The van der Waals surface area contributed by atoms with Crippen molar-refractivity contribution in [2.24, 2.45) is 9.63 Å². The van der Waals surface area contributed by atoms with E-state index in [4.69, 9.17) is 5.26 Å². The molecular formula is C13H9N3S. The minimum Gasteiger partial charge on any atom is -0.192 e. The predicted octanol–water partition coefficient (Wildman–Crippen LogP) is 4.35. The summed E-state index contributed by atoms with van der Waals surface area (Å²) in [5, 5.41) is 12.7. The van der Waals surface area contributed by atoms with Gasteiger partial charge in [-0.3, -0.25) is 0 Å². The standard InChI is InChI=1S/C13H9N3S/c14-10-11-6-8-12(9-7-11)15-16-17-13-4-2-1-3-5-13/h1-9H. The fourth-order valence-corrected chi connectivity index (χ4v) is 1.71. The summed E-state index contributed by atoms with van der Waals surface area (Å²) < 4.78 is 4.03. The van der Waals surface area contributed by atoms with Crippen molar-refractivity contribution in [1.82, 2.24) is 0 Å². The zero-order valence-corrected chi connectivity index (χ0v) is 9.76. The van der Waals surface area contributed by atoms with Gasteiger partial charge in [-0.2, -0.15) is 5.26 Å². The Morgan fingerprint density at radius 2 is 1.65 bits per heavy atom. The highest BCUT2D eigenvalue weighted by Gasteiger charge is 1.92. The van der Waals surface area contributed by atoms with Crippen LogP contribution in [0.5, 0.6) is 0 Å². The van der Waals surface area contributed by atoms with Gasteiger partial charge in [0.15, 0.2) is 0 Å². The number of nitrogens with zero attached hydrogens (tertiary/aromatic N) is 3. The molecule has 3 nitrogen and oxygen atoms in total. The third kappa shape index (κ3) is 3.44. The number of benzene rings is 2. The molecule has 2 aromatic rings. The maximum absolute atomic E-state index is 8.65. The smallest absolute Gasteiger partial charge is 0.0991 e. The molecule has 0 radical (unpaired) electrons. The summed E-state index contributed by atoms with van der Waals surface area (Å²) in [6.45, 7) is 0. The van der Waals surface area contributed by atoms with Gasteiger partial charge in [-0.1, -0.05) is 18.2 Å². The average Bonchev–Trinajstić information content (AvgIpc) is 2.41. The van der Waals surface area contributed by atoms with Crippen LogP contribution in [0.3, 0.4) is 0 Å². The Morgan fingerprint density at radius 3 is 2.29 bits per heavy atom. The summed E-state index contributed by atoms with van der Waals surface area (Å²) in [6, 6.07) is 18.9. The SMILES string of the molecule is N#Cc1ccc(N=NSc2ccccc2)cc1. The van der Waals surface area contributed by atoms with Gasteiger partial charge < -0.3 is 0 Å². The quantitative estimate of drug-likeness (QED) is 0.590. The number of nitriles is 1. The lowest BCUT2D eigenvalue weighted by atomic mass is 10.2. The predicted molar refractivity (Wildman–Crippen MR) is 68.0 cm³/mol. The van der Waals surface area contributed by atoms with Crippen molar-refractivity contribution in [3.63, 3.8) is 0 Å². The van der Waals surface area contributed by atoms with Crippen molar-refractivity contribution in [3.8, 4) is 6.07 Å². The van der Waals surface area contributed by atoms with E-state index in [0.29, 0.717) is 5.56 Å². The van der Waals surface area contributed by atoms with E-state index in [9.17, 15) is 0 Å². The first-order valence-electron chi connectivity index (χ1n) is 5.02. The minimum atomic E-state index is 0.625. The first-order valence-corrected chi connectivity index (χ1v) is 5.79. The van der Waals surface area contributed by atoms with Gasteiger partial charge in [0, 0.05) is 16.8 Å².